The molecule has 2 fully saturated rings. The number of nitrogens with one attached hydrogen (secondary N) is 1. The molecule has 1 saturated heterocycles. The average Bonchev–Trinajstić information content (AvgIpc) is 2.95. The first kappa shape index (κ1) is 14.0. The standard InChI is InChI=1S/C17H27N3/c1-3-16(2)14-20(12-15-7-6-10-18-11-15)17(13-19-16)8-4-5-9-17/h6-7,10-11,19H,3-5,8-9,12-14H2,1-2H3. The van der Waals surface area contributed by atoms with Crippen molar-refractivity contribution in [3.63, 3.8) is 0 Å². The van der Waals surface area contributed by atoms with Crippen LogP contribution in [0, 0.1) is 0 Å². The summed E-state index contributed by atoms with van der Waals surface area (Å²) in [6.45, 7) is 8.01. The minimum Gasteiger partial charge on any atom is -0.308 e. The lowest BCUT2D eigenvalue weighted by Gasteiger charge is -2.52. The van der Waals surface area contributed by atoms with Crippen molar-refractivity contribution >= 4 is 0 Å². The molecule has 3 nitrogen and oxygen atoms in total. The molecule has 0 amide bonds. The van der Waals surface area contributed by atoms with Gasteiger partial charge in [-0.1, -0.05) is 25.8 Å². The highest BCUT2D eigenvalue weighted by Gasteiger charge is 2.46. The van der Waals surface area contributed by atoms with Crippen LogP contribution < -0.4 is 5.32 Å². The van der Waals surface area contributed by atoms with Gasteiger partial charge in [0.1, 0.15) is 0 Å². The van der Waals surface area contributed by atoms with Gasteiger partial charge in [-0.3, -0.25) is 9.88 Å². The van der Waals surface area contributed by atoms with E-state index in [1.54, 1.807) is 0 Å². The van der Waals surface area contributed by atoms with Crippen LogP contribution in [-0.4, -0.2) is 34.1 Å². The zero-order chi connectivity index (χ0) is 14.1. The van der Waals surface area contributed by atoms with Crippen LogP contribution in [0.1, 0.15) is 51.5 Å². The van der Waals surface area contributed by atoms with E-state index in [2.05, 4.69) is 41.2 Å². The number of piperazine rings is 1. The second-order valence-electron chi connectivity index (χ2n) is 6.92. The predicted molar refractivity (Wildman–Crippen MR) is 82.5 cm³/mol. The maximum atomic E-state index is 4.28. The zero-order valence-electron chi connectivity index (χ0n) is 12.9. The summed E-state index contributed by atoms with van der Waals surface area (Å²) in [6, 6.07) is 4.26. The van der Waals surface area contributed by atoms with Crippen LogP contribution in [0.2, 0.25) is 0 Å². The molecule has 0 aromatic carbocycles. The maximum Gasteiger partial charge on any atom is 0.0338 e. The Bertz CT molecular complexity index is 439. The molecule has 3 heteroatoms. The average molecular weight is 273 g/mol. The number of rotatable bonds is 3. The Morgan fingerprint density at radius 1 is 1.35 bits per heavy atom. The number of hydrogen-bond acceptors (Lipinski definition) is 3. The second-order valence-corrected chi connectivity index (χ2v) is 6.92. The molecule has 1 unspecified atom stereocenters. The number of hydrogen-bond donors (Lipinski definition) is 1. The number of pyridine rings is 1. The molecule has 1 atom stereocenters. The van der Waals surface area contributed by atoms with Gasteiger partial charge in [-0.05, 0) is 37.8 Å². The minimum absolute atomic E-state index is 0.260. The Morgan fingerprint density at radius 2 is 2.15 bits per heavy atom. The van der Waals surface area contributed by atoms with Crippen LogP contribution in [0.3, 0.4) is 0 Å². The molecule has 0 radical (unpaired) electrons. The van der Waals surface area contributed by atoms with Crippen molar-refractivity contribution in [1.29, 1.82) is 0 Å². The van der Waals surface area contributed by atoms with Crippen molar-refractivity contribution in [3.8, 4) is 0 Å². The van der Waals surface area contributed by atoms with Gasteiger partial charge in [0.05, 0.1) is 0 Å². The van der Waals surface area contributed by atoms with Crippen molar-refractivity contribution in [2.75, 3.05) is 13.1 Å². The molecule has 1 aromatic rings. The second kappa shape index (κ2) is 5.45. The summed E-state index contributed by atoms with van der Waals surface area (Å²) in [7, 11) is 0. The Hall–Kier alpha value is -0.930. The Labute approximate surface area is 122 Å². The summed E-state index contributed by atoms with van der Waals surface area (Å²) < 4.78 is 0. The normalized spacial score (nSPS) is 29.9. The molecule has 2 aliphatic rings. The van der Waals surface area contributed by atoms with E-state index in [9.17, 15) is 0 Å². The molecule has 3 rings (SSSR count). The van der Waals surface area contributed by atoms with E-state index in [0.29, 0.717) is 5.54 Å². The van der Waals surface area contributed by atoms with Gasteiger partial charge >= 0.3 is 0 Å². The van der Waals surface area contributed by atoms with Gasteiger partial charge in [-0.25, -0.2) is 0 Å². The van der Waals surface area contributed by atoms with Gasteiger partial charge in [0.15, 0.2) is 0 Å². The van der Waals surface area contributed by atoms with Gasteiger partial charge < -0.3 is 5.32 Å². The summed E-state index contributed by atoms with van der Waals surface area (Å²) in [5.41, 5.74) is 2.00. The van der Waals surface area contributed by atoms with E-state index in [0.717, 1.165) is 19.6 Å². The topological polar surface area (TPSA) is 28.2 Å². The summed E-state index contributed by atoms with van der Waals surface area (Å²) >= 11 is 0. The first-order valence-electron chi connectivity index (χ1n) is 8.05. The van der Waals surface area contributed by atoms with E-state index in [1.807, 2.05) is 12.4 Å². The Balaban J connectivity index is 1.81. The van der Waals surface area contributed by atoms with Gasteiger partial charge in [0.2, 0.25) is 0 Å². The lowest BCUT2D eigenvalue weighted by molar-refractivity contribution is 0.00526. The third-order valence-electron chi connectivity index (χ3n) is 5.47. The minimum atomic E-state index is 0.260. The molecule has 1 aliphatic carbocycles. The monoisotopic (exact) mass is 273 g/mol. The van der Waals surface area contributed by atoms with Crippen LogP contribution in [-0.2, 0) is 6.54 Å². The molecule has 1 N–H and O–H groups in total. The molecule has 20 heavy (non-hydrogen) atoms. The van der Waals surface area contributed by atoms with E-state index >= 15 is 0 Å². The summed E-state index contributed by atoms with van der Waals surface area (Å²) in [5.74, 6) is 0. The zero-order valence-corrected chi connectivity index (χ0v) is 12.9. The summed E-state index contributed by atoms with van der Waals surface area (Å²) in [4.78, 5) is 7.03. The molecule has 1 spiro atoms. The van der Waals surface area contributed by atoms with Crippen molar-refractivity contribution in [2.24, 2.45) is 0 Å². The van der Waals surface area contributed by atoms with Crippen LogP contribution in [0.15, 0.2) is 24.5 Å². The quantitative estimate of drug-likeness (QED) is 0.917. The molecule has 1 aromatic heterocycles. The molecule has 0 bridgehead atoms. The fraction of sp³-hybridized carbons (Fsp3) is 0.706. The highest BCUT2D eigenvalue weighted by molar-refractivity contribution is 5.12. The SMILES string of the molecule is CCC1(C)CN(Cc2cccnc2)C2(CCCC2)CN1. The van der Waals surface area contributed by atoms with Crippen LogP contribution in [0.4, 0.5) is 0 Å². The predicted octanol–water partition coefficient (Wildman–Crippen LogP) is 2.97. The molecule has 1 saturated carbocycles. The smallest absolute Gasteiger partial charge is 0.0338 e. The maximum absolute atomic E-state index is 4.28. The summed E-state index contributed by atoms with van der Waals surface area (Å²) in [6.07, 6.45) is 10.5. The largest absolute Gasteiger partial charge is 0.308 e. The molecular formula is C17H27N3. The fourth-order valence-electron chi connectivity index (χ4n) is 3.83. The van der Waals surface area contributed by atoms with Crippen molar-refractivity contribution < 1.29 is 0 Å². The van der Waals surface area contributed by atoms with E-state index < -0.39 is 0 Å². The van der Waals surface area contributed by atoms with Crippen LogP contribution in [0.25, 0.3) is 0 Å². The summed E-state index contributed by atoms with van der Waals surface area (Å²) in [5, 5.41) is 3.84. The molecule has 110 valence electrons. The van der Waals surface area contributed by atoms with Crippen LogP contribution >= 0.6 is 0 Å². The van der Waals surface area contributed by atoms with Gasteiger partial charge in [0.25, 0.3) is 0 Å². The van der Waals surface area contributed by atoms with Gasteiger partial charge in [-0.15, -0.1) is 0 Å². The van der Waals surface area contributed by atoms with Crippen molar-refractivity contribution in [1.82, 2.24) is 15.2 Å². The third kappa shape index (κ3) is 2.61. The van der Waals surface area contributed by atoms with Gasteiger partial charge in [0, 0.05) is 43.1 Å². The molecule has 1 aliphatic heterocycles. The highest BCUT2D eigenvalue weighted by atomic mass is 15.3. The number of aromatic nitrogens is 1. The van der Waals surface area contributed by atoms with Crippen molar-refractivity contribution in [3.05, 3.63) is 30.1 Å². The lowest BCUT2D eigenvalue weighted by atomic mass is 9.84. The highest BCUT2D eigenvalue weighted by Crippen LogP contribution is 2.39. The molecular weight excluding hydrogens is 246 g/mol. The van der Waals surface area contributed by atoms with E-state index in [1.165, 1.54) is 37.7 Å². The van der Waals surface area contributed by atoms with Crippen LogP contribution in [0.5, 0.6) is 0 Å². The van der Waals surface area contributed by atoms with E-state index in [-0.39, 0.29) is 5.54 Å². The first-order valence-corrected chi connectivity index (χ1v) is 8.05. The lowest BCUT2D eigenvalue weighted by Crippen LogP contribution is -2.67. The van der Waals surface area contributed by atoms with E-state index in [4.69, 9.17) is 0 Å². The molecule has 2 heterocycles. The third-order valence-corrected chi connectivity index (χ3v) is 5.47. The van der Waals surface area contributed by atoms with Gasteiger partial charge in [-0.2, -0.15) is 0 Å². The Kier molecular flexibility index (Phi) is 3.83. The van der Waals surface area contributed by atoms with Crippen molar-refractivity contribution in [2.45, 2.75) is 63.6 Å². The fourth-order valence-corrected chi connectivity index (χ4v) is 3.83. The Morgan fingerprint density at radius 3 is 2.80 bits per heavy atom. The number of nitrogens with zero attached hydrogens (tertiary/aromatic N) is 2. The first-order chi connectivity index (χ1) is 9.66.